The lowest BCUT2D eigenvalue weighted by atomic mass is 10.3. The fourth-order valence-corrected chi connectivity index (χ4v) is 4.33. The molecule has 27 heavy (non-hydrogen) atoms. The van der Waals surface area contributed by atoms with Crippen LogP contribution in [0.2, 0.25) is 0 Å². The van der Waals surface area contributed by atoms with Gasteiger partial charge in [-0.15, -0.1) is 0 Å². The molecule has 1 aliphatic rings. The van der Waals surface area contributed by atoms with Crippen molar-refractivity contribution in [2.75, 3.05) is 31.6 Å². The van der Waals surface area contributed by atoms with Crippen molar-refractivity contribution in [2.45, 2.75) is 17.7 Å². The van der Waals surface area contributed by atoms with E-state index in [1.165, 1.54) is 4.31 Å². The Balaban J connectivity index is 1.43. The van der Waals surface area contributed by atoms with Gasteiger partial charge in [-0.1, -0.05) is 18.2 Å². The van der Waals surface area contributed by atoms with E-state index in [2.05, 4.69) is 10.6 Å². The van der Waals surface area contributed by atoms with Gasteiger partial charge in [-0.05, 0) is 49.2 Å². The van der Waals surface area contributed by atoms with Gasteiger partial charge in [0.1, 0.15) is 12.4 Å². The maximum Gasteiger partial charge on any atom is 0.319 e. The molecule has 0 atom stereocenters. The Hall–Kier alpha value is -2.58. The molecule has 0 aromatic heterocycles. The van der Waals surface area contributed by atoms with Crippen LogP contribution in [-0.4, -0.2) is 45.0 Å². The van der Waals surface area contributed by atoms with Crippen molar-refractivity contribution >= 4 is 21.7 Å². The van der Waals surface area contributed by atoms with E-state index in [0.29, 0.717) is 31.1 Å². The Morgan fingerprint density at radius 2 is 1.67 bits per heavy atom. The normalized spacial score (nSPS) is 14.7. The molecule has 2 aromatic rings. The van der Waals surface area contributed by atoms with Crippen molar-refractivity contribution < 1.29 is 17.9 Å². The Bertz CT molecular complexity index is 848. The number of carbonyl (C=O) groups is 1. The standard InChI is InChI=1S/C19H23N3O4S/c23-19(21-16-6-2-1-3-7-16)20-12-15-26-17-8-10-18(11-9-17)27(24,25)22-13-4-5-14-22/h1-3,6-11H,4-5,12-15H2,(H2,20,21,23). The molecule has 1 saturated heterocycles. The number of ether oxygens (including phenoxy) is 1. The topological polar surface area (TPSA) is 87.7 Å². The number of anilines is 1. The average Bonchev–Trinajstić information content (AvgIpc) is 3.22. The van der Waals surface area contributed by atoms with Crippen LogP contribution in [0.4, 0.5) is 10.5 Å². The van der Waals surface area contributed by atoms with E-state index in [-0.39, 0.29) is 17.5 Å². The summed E-state index contributed by atoms with van der Waals surface area (Å²) >= 11 is 0. The molecule has 1 fully saturated rings. The molecular weight excluding hydrogens is 366 g/mol. The number of hydrogen-bond donors (Lipinski definition) is 2. The molecule has 2 N–H and O–H groups in total. The maximum atomic E-state index is 12.5. The zero-order chi connectivity index (χ0) is 19.1. The SMILES string of the molecule is O=C(NCCOc1ccc(S(=O)(=O)N2CCCC2)cc1)Nc1ccccc1. The monoisotopic (exact) mass is 389 g/mol. The van der Waals surface area contributed by atoms with Gasteiger partial charge >= 0.3 is 6.03 Å². The molecule has 0 bridgehead atoms. The molecule has 1 heterocycles. The van der Waals surface area contributed by atoms with Gasteiger partial charge in [-0.3, -0.25) is 0 Å². The second-order valence-corrected chi connectivity index (χ2v) is 8.12. The zero-order valence-corrected chi connectivity index (χ0v) is 15.7. The third kappa shape index (κ3) is 5.21. The maximum absolute atomic E-state index is 12.5. The second kappa shape index (κ2) is 8.88. The first-order valence-electron chi connectivity index (χ1n) is 8.89. The minimum absolute atomic E-state index is 0.275. The van der Waals surface area contributed by atoms with Crippen molar-refractivity contribution in [1.82, 2.24) is 9.62 Å². The number of nitrogens with zero attached hydrogens (tertiary/aromatic N) is 1. The summed E-state index contributed by atoms with van der Waals surface area (Å²) < 4.78 is 32.0. The molecule has 0 aliphatic carbocycles. The Morgan fingerprint density at radius 3 is 2.33 bits per heavy atom. The van der Waals surface area contributed by atoms with Crippen LogP contribution in [0.25, 0.3) is 0 Å². The first-order chi connectivity index (χ1) is 13.1. The van der Waals surface area contributed by atoms with Crippen molar-refractivity contribution in [3.63, 3.8) is 0 Å². The van der Waals surface area contributed by atoms with E-state index in [1.807, 2.05) is 18.2 Å². The highest BCUT2D eigenvalue weighted by Gasteiger charge is 2.26. The van der Waals surface area contributed by atoms with Crippen LogP contribution in [0.3, 0.4) is 0 Å². The van der Waals surface area contributed by atoms with Gasteiger partial charge in [-0.2, -0.15) is 4.31 Å². The van der Waals surface area contributed by atoms with Crippen LogP contribution in [0, 0.1) is 0 Å². The molecule has 0 unspecified atom stereocenters. The number of nitrogens with one attached hydrogen (secondary N) is 2. The summed E-state index contributed by atoms with van der Waals surface area (Å²) in [5.74, 6) is 0.556. The predicted octanol–water partition coefficient (Wildman–Crippen LogP) is 2.67. The van der Waals surface area contributed by atoms with E-state index in [0.717, 1.165) is 12.8 Å². The zero-order valence-electron chi connectivity index (χ0n) is 14.9. The molecule has 7 nitrogen and oxygen atoms in total. The second-order valence-electron chi connectivity index (χ2n) is 6.18. The van der Waals surface area contributed by atoms with Crippen molar-refractivity contribution in [2.24, 2.45) is 0 Å². The van der Waals surface area contributed by atoms with Crippen LogP contribution < -0.4 is 15.4 Å². The molecular formula is C19H23N3O4S. The van der Waals surface area contributed by atoms with Gasteiger partial charge in [-0.25, -0.2) is 13.2 Å². The van der Waals surface area contributed by atoms with E-state index >= 15 is 0 Å². The van der Waals surface area contributed by atoms with Gasteiger partial charge in [0.05, 0.1) is 11.4 Å². The van der Waals surface area contributed by atoms with Gasteiger partial charge in [0, 0.05) is 18.8 Å². The highest BCUT2D eigenvalue weighted by molar-refractivity contribution is 7.89. The average molecular weight is 389 g/mol. The third-order valence-corrected chi connectivity index (χ3v) is 6.13. The van der Waals surface area contributed by atoms with E-state index in [1.54, 1.807) is 36.4 Å². The molecule has 3 rings (SSSR count). The number of sulfonamides is 1. The lowest BCUT2D eigenvalue weighted by Gasteiger charge is -2.15. The Labute approximate surface area is 159 Å². The predicted molar refractivity (Wildman–Crippen MR) is 103 cm³/mol. The van der Waals surface area contributed by atoms with Gasteiger partial charge in [0.15, 0.2) is 0 Å². The summed E-state index contributed by atoms with van der Waals surface area (Å²) in [4.78, 5) is 12.0. The number of urea groups is 1. The number of carbonyl (C=O) groups excluding carboxylic acids is 1. The van der Waals surface area contributed by atoms with E-state index in [4.69, 9.17) is 4.74 Å². The summed E-state index contributed by atoms with van der Waals surface area (Å²) in [5.41, 5.74) is 0.714. The lowest BCUT2D eigenvalue weighted by Crippen LogP contribution is -2.32. The lowest BCUT2D eigenvalue weighted by molar-refractivity contribution is 0.247. The van der Waals surface area contributed by atoms with E-state index < -0.39 is 10.0 Å². The quantitative estimate of drug-likeness (QED) is 0.713. The first kappa shape index (κ1) is 19.2. The summed E-state index contributed by atoms with van der Waals surface area (Å²) in [7, 11) is -3.41. The number of hydrogen-bond acceptors (Lipinski definition) is 4. The van der Waals surface area contributed by atoms with Crippen molar-refractivity contribution in [3.8, 4) is 5.75 Å². The summed E-state index contributed by atoms with van der Waals surface area (Å²) in [6.45, 7) is 1.77. The largest absolute Gasteiger partial charge is 0.492 e. The molecule has 144 valence electrons. The smallest absolute Gasteiger partial charge is 0.319 e. The highest BCUT2D eigenvalue weighted by atomic mass is 32.2. The molecule has 0 spiro atoms. The first-order valence-corrected chi connectivity index (χ1v) is 10.3. The summed E-state index contributed by atoms with van der Waals surface area (Å²) in [6.07, 6.45) is 1.82. The molecule has 0 radical (unpaired) electrons. The number of benzene rings is 2. The van der Waals surface area contributed by atoms with Crippen LogP contribution in [0.1, 0.15) is 12.8 Å². The van der Waals surface area contributed by atoms with Crippen LogP contribution in [-0.2, 0) is 10.0 Å². The summed E-state index contributed by atoms with van der Waals surface area (Å²) in [5, 5.41) is 5.41. The third-order valence-electron chi connectivity index (χ3n) is 4.21. The molecule has 1 aliphatic heterocycles. The van der Waals surface area contributed by atoms with E-state index in [9.17, 15) is 13.2 Å². The molecule has 8 heteroatoms. The number of amides is 2. The fraction of sp³-hybridized carbons (Fsp3) is 0.316. The van der Waals surface area contributed by atoms with Gasteiger partial charge in [0.25, 0.3) is 0 Å². The molecule has 2 amide bonds. The minimum atomic E-state index is -3.41. The van der Waals surface area contributed by atoms with Crippen molar-refractivity contribution in [1.29, 1.82) is 0 Å². The Kier molecular flexibility index (Phi) is 6.31. The van der Waals surface area contributed by atoms with Crippen LogP contribution in [0.15, 0.2) is 59.5 Å². The Morgan fingerprint density at radius 1 is 1.00 bits per heavy atom. The van der Waals surface area contributed by atoms with Crippen molar-refractivity contribution in [3.05, 3.63) is 54.6 Å². The van der Waals surface area contributed by atoms with Gasteiger partial charge in [0.2, 0.25) is 10.0 Å². The summed E-state index contributed by atoms with van der Waals surface area (Å²) in [6, 6.07) is 15.2. The van der Waals surface area contributed by atoms with Crippen LogP contribution >= 0.6 is 0 Å². The van der Waals surface area contributed by atoms with Crippen LogP contribution in [0.5, 0.6) is 5.75 Å². The number of rotatable bonds is 7. The molecule has 0 saturated carbocycles. The highest BCUT2D eigenvalue weighted by Crippen LogP contribution is 2.22. The number of para-hydroxylation sites is 1. The molecule has 2 aromatic carbocycles. The minimum Gasteiger partial charge on any atom is -0.492 e. The van der Waals surface area contributed by atoms with Gasteiger partial charge < -0.3 is 15.4 Å². The fourth-order valence-electron chi connectivity index (χ4n) is 2.82.